The molecule has 1 heterocycles. The summed E-state index contributed by atoms with van der Waals surface area (Å²) in [6, 6.07) is 8.41. The van der Waals surface area contributed by atoms with Crippen LogP contribution in [0.15, 0.2) is 24.3 Å². The average Bonchev–Trinajstić information content (AvgIpc) is 2.59. The molecule has 0 aliphatic carbocycles. The first kappa shape index (κ1) is 24.2. The number of hydrogen-bond acceptors (Lipinski definition) is 3. The summed E-state index contributed by atoms with van der Waals surface area (Å²) in [6.07, 6.45) is 3.20. The number of halogens is 2. The van der Waals surface area contributed by atoms with Gasteiger partial charge in [-0.25, -0.2) is 0 Å². The third kappa shape index (κ3) is 6.78. The molecule has 1 fully saturated rings. The first-order valence-electron chi connectivity index (χ1n) is 8.91. The molecule has 144 valence electrons. The zero-order valence-corrected chi connectivity index (χ0v) is 17.3. The van der Waals surface area contributed by atoms with Crippen LogP contribution in [0.4, 0.5) is 0 Å². The lowest BCUT2D eigenvalue weighted by Gasteiger charge is -2.33. The smallest absolute Gasteiger partial charge is 0.240 e. The van der Waals surface area contributed by atoms with E-state index in [0.717, 1.165) is 45.4 Å². The van der Waals surface area contributed by atoms with Crippen molar-refractivity contribution in [2.24, 2.45) is 0 Å². The number of hydrogen-bond donors (Lipinski definition) is 2. The van der Waals surface area contributed by atoms with E-state index in [1.165, 1.54) is 11.1 Å². The number of rotatable bonds is 7. The van der Waals surface area contributed by atoms with E-state index in [2.05, 4.69) is 47.6 Å². The van der Waals surface area contributed by atoms with Crippen molar-refractivity contribution >= 4 is 30.7 Å². The standard InChI is InChI=1S/C19H31N3O.2ClH/c1-4-22(5-2)15-17-11-7-6-10-16(17)14-20-18(23)19(3)12-8-9-13-21-19;;/h6-7,10-11,21H,4-5,8-9,12-15H2,1-3H3,(H,20,23);2*1H. The van der Waals surface area contributed by atoms with Crippen LogP contribution in [0.25, 0.3) is 0 Å². The Balaban J connectivity index is 0.00000288. The second kappa shape index (κ2) is 11.7. The predicted octanol–water partition coefficient (Wildman–Crippen LogP) is 3.52. The lowest BCUT2D eigenvalue weighted by atomic mass is 9.90. The number of nitrogens with one attached hydrogen (secondary N) is 2. The largest absolute Gasteiger partial charge is 0.350 e. The van der Waals surface area contributed by atoms with E-state index in [9.17, 15) is 4.79 Å². The minimum Gasteiger partial charge on any atom is -0.350 e. The first-order chi connectivity index (χ1) is 11.1. The molecular formula is C19H33Cl2N3O. The first-order valence-corrected chi connectivity index (χ1v) is 8.91. The van der Waals surface area contributed by atoms with Gasteiger partial charge >= 0.3 is 0 Å². The lowest BCUT2D eigenvalue weighted by Crippen LogP contribution is -2.56. The van der Waals surface area contributed by atoms with Crippen molar-refractivity contribution in [2.75, 3.05) is 19.6 Å². The second-order valence-corrected chi connectivity index (χ2v) is 6.63. The van der Waals surface area contributed by atoms with Crippen molar-refractivity contribution < 1.29 is 4.79 Å². The fourth-order valence-electron chi connectivity index (χ4n) is 3.19. The molecular weight excluding hydrogens is 357 g/mol. The molecule has 0 bridgehead atoms. The molecule has 1 aliphatic heterocycles. The Bertz CT molecular complexity index is 515. The van der Waals surface area contributed by atoms with Crippen molar-refractivity contribution in [2.45, 2.75) is 58.7 Å². The number of amides is 1. The maximum atomic E-state index is 12.6. The maximum Gasteiger partial charge on any atom is 0.240 e. The van der Waals surface area contributed by atoms with Crippen LogP contribution in [-0.4, -0.2) is 36.0 Å². The van der Waals surface area contributed by atoms with Gasteiger partial charge in [-0.2, -0.15) is 0 Å². The van der Waals surface area contributed by atoms with Gasteiger partial charge in [0, 0.05) is 13.1 Å². The minimum absolute atomic E-state index is 0. The molecule has 1 unspecified atom stereocenters. The van der Waals surface area contributed by atoms with E-state index in [1.54, 1.807) is 0 Å². The number of benzene rings is 1. The minimum atomic E-state index is -0.411. The number of carbonyl (C=O) groups excluding carboxylic acids is 1. The predicted molar refractivity (Wildman–Crippen MR) is 110 cm³/mol. The molecule has 0 spiro atoms. The van der Waals surface area contributed by atoms with Gasteiger partial charge in [0.05, 0.1) is 5.54 Å². The van der Waals surface area contributed by atoms with E-state index in [0.29, 0.717) is 6.54 Å². The van der Waals surface area contributed by atoms with Gasteiger partial charge in [0.25, 0.3) is 0 Å². The third-order valence-electron chi connectivity index (χ3n) is 4.97. The molecule has 1 aliphatic rings. The summed E-state index contributed by atoms with van der Waals surface area (Å²) in [7, 11) is 0. The highest BCUT2D eigenvalue weighted by molar-refractivity contribution is 5.86. The van der Waals surface area contributed by atoms with Crippen molar-refractivity contribution in [3.8, 4) is 0 Å². The summed E-state index contributed by atoms with van der Waals surface area (Å²) < 4.78 is 0. The van der Waals surface area contributed by atoms with Crippen LogP contribution in [0.2, 0.25) is 0 Å². The number of piperidine rings is 1. The zero-order chi connectivity index (χ0) is 16.7. The van der Waals surface area contributed by atoms with Crippen molar-refractivity contribution in [1.29, 1.82) is 0 Å². The summed E-state index contributed by atoms with van der Waals surface area (Å²) in [4.78, 5) is 14.9. The fraction of sp³-hybridized carbons (Fsp3) is 0.632. The Kier molecular flexibility index (Phi) is 11.4. The Morgan fingerprint density at radius 3 is 2.36 bits per heavy atom. The summed E-state index contributed by atoms with van der Waals surface area (Å²) in [6.45, 7) is 10.9. The number of nitrogens with zero attached hydrogens (tertiary/aromatic N) is 1. The highest BCUT2D eigenvalue weighted by Gasteiger charge is 2.33. The molecule has 1 saturated heterocycles. The summed E-state index contributed by atoms with van der Waals surface area (Å²) in [5.74, 6) is 0.120. The van der Waals surface area contributed by atoms with Crippen LogP contribution in [0.5, 0.6) is 0 Å². The van der Waals surface area contributed by atoms with Crippen molar-refractivity contribution in [3.05, 3.63) is 35.4 Å². The molecule has 4 nitrogen and oxygen atoms in total. The van der Waals surface area contributed by atoms with E-state index < -0.39 is 5.54 Å². The quantitative estimate of drug-likeness (QED) is 0.749. The summed E-state index contributed by atoms with van der Waals surface area (Å²) >= 11 is 0. The van der Waals surface area contributed by atoms with Gasteiger partial charge in [0.1, 0.15) is 0 Å². The summed E-state index contributed by atoms with van der Waals surface area (Å²) in [5.41, 5.74) is 2.11. The van der Waals surface area contributed by atoms with Crippen LogP contribution in [0, 0.1) is 0 Å². The topological polar surface area (TPSA) is 44.4 Å². The van der Waals surface area contributed by atoms with E-state index >= 15 is 0 Å². The van der Waals surface area contributed by atoms with Crippen LogP contribution in [0.1, 0.15) is 51.2 Å². The molecule has 1 aromatic carbocycles. The van der Waals surface area contributed by atoms with Crippen LogP contribution >= 0.6 is 24.8 Å². The molecule has 0 saturated carbocycles. The van der Waals surface area contributed by atoms with Crippen LogP contribution in [0.3, 0.4) is 0 Å². The second-order valence-electron chi connectivity index (χ2n) is 6.63. The van der Waals surface area contributed by atoms with Gasteiger partial charge in [-0.3, -0.25) is 9.69 Å². The molecule has 25 heavy (non-hydrogen) atoms. The van der Waals surface area contributed by atoms with Gasteiger partial charge < -0.3 is 10.6 Å². The number of carbonyl (C=O) groups is 1. The highest BCUT2D eigenvalue weighted by atomic mass is 35.5. The Labute approximate surface area is 164 Å². The van der Waals surface area contributed by atoms with Gasteiger partial charge in [-0.15, -0.1) is 24.8 Å². The van der Waals surface area contributed by atoms with Crippen LogP contribution in [-0.2, 0) is 17.9 Å². The maximum absolute atomic E-state index is 12.6. The normalized spacial score (nSPS) is 19.7. The Morgan fingerprint density at radius 2 is 1.80 bits per heavy atom. The molecule has 1 aromatic rings. The summed E-state index contributed by atoms with van der Waals surface area (Å²) in [5, 5.41) is 6.52. The van der Waals surface area contributed by atoms with Crippen molar-refractivity contribution in [1.82, 2.24) is 15.5 Å². The Hall–Kier alpha value is -0.810. The monoisotopic (exact) mass is 389 g/mol. The zero-order valence-electron chi connectivity index (χ0n) is 15.6. The highest BCUT2D eigenvalue weighted by Crippen LogP contribution is 2.19. The molecule has 6 heteroatoms. The van der Waals surface area contributed by atoms with Gasteiger partial charge in [0.15, 0.2) is 0 Å². The molecule has 0 radical (unpaired) electrons. The average molecular weight is 390 g/mol. The van der Waals surface area contributed by atoms with Crippen molar-refractivity contribution in [3.63, 3.8) is 0 Å². The molecule has 0 aromatic heterocycles. The van der Waals surface area contributed by atoms with E-state index in [4.69, 9.17) is 0 Å². The molecule has 1 atom stereocenters. The van der Waals surface area contributed by atoms with E-state index in [1.807, 2.05) is 13.0 Å². The fourth-order valence-corrected chi connectivity index (χ4v) is 3.19. The Morgan fingerprint density at radius 1 is 1.16 bits per heavy atom. The van der Waals surface area contributed by atoms with Crippen LogP contribution < -0.4 is 10.6 Å². The van der Waals surface area contributed by atoms with Gasteiger partial charge in [0.2, 0.25) is 5.91 Å². The van der Waals surface area contributed by atoms with E-state index in [-0.39, 0.29) is 30.7 Å². The molecule has 2 N–H and O–H groups in total. The third-order valence-corrected chi connectivity index (χ3v) is 4.97. The molecule has 2 rings (SSSR count). The van der Waals surface area contributed by atoms with Gasteiger partial charge in [-0.1, -0.05) is 38.1 Å². The SMILES string of the molecule is CCN(CC)Cc1ccccc1CNC(=O)C1(C)CCCCN1.Cl.Cl. The lowest BCUT2D eigenvalue weighted by molar-refractivity contribution is -0.128. The molecule has 1 amide bonds. The van der Waals surface area contributed by atoms with Gasteiger partial charge in [-0.05, 0) is 56.9 Å².